The molecule has 0 radical (unpaired) electrons. The van der Waals surface area contributed by atoms with Crippen LogP contribution in [0.1, 0.15) is 30.1 Å². The van der Waals surface area contributed by atoms with E-state index in [0.717, 1.165) is 30.5 Å². The van der Waals surface area contributed by atoms with Gasteiger partial charge in [0, 0.05) is 18.1 Å². The van der Waals surface area contributed by atoms with Crippen LogP contribution in [0.25, 0.3) is 5.69 Å². The normalized spacial score (nSPS) is 19.4. The minimum absolute atomic E-state index is 0.277. The molecular weight excluding hydrogens is 200 g/mol. The molecule has 0 saturated carbocycles. The van der Waals surface area contributed by atoms with E-state index < -0.39 is 0 Å². The van der Waals surface area contributed by atoms with Gasteiger partial charge in [0.05, 0.1) is 12.4 Å². The zero-order valence-corrected chi connectivity index (χ0v) is 9.00. The third-order valence-corrected chi connectivity index (χ3v) is 3.21. The first-order valence-corrected chi connectivity index (χ1v) is 5.64. The topological polar surface area (TPSA) is 38.0 Å². The second kappa shape index (κ2) is 3.76. The molecule has 16 heavy (non-hydrogen) atoms. The monoisotopic (exact) mass is 214 g/mol. The van der Waals surface area contributed by atoms with Crippen LogP contribution in [0.2, 0.25) is 0 Å². The molecule has 82 valence electrons. The van der Waals surface area contributed by atoms with Crippen molar-refractivity contribution in [3.05, 3.63) is 48.0 Å². The Morgan fingerprint density at radius 3 is 3.12 bits per heavy atom. The number of rotatable bonds is 1. The Morgan fingerprint density at radius 1 is 1.38 bits per heavy atom. The summed E-state index contributed by atoms with van der Waals surface area (Å²) < 4.78 is 1.99. The fourth-order valence-corrected chi connectivity index (χ4v) is 2.35. The van der Waals surface area contributed by atoms with E-state index in [1.54, 1.807) is 12.5 Å². The van der Waals surface area contributed by atoms with Gasteiger partial charge in [0.25, 0.3) is 0 Å². The Labute approximate surface area is 94.4 Å². The van der Waals surface area contributed by atoms with E-state index >= 15 is 0 Å². The van der Waals surface area contributed by atoms with E-state index in [-0.39, 0.29) is 6.10 Å². The average Bonchev–Trinajstić information content (AvgIpc) is 2.82. The maximum absolute atomic E-state index is 9.86. The van der Waals surface area contributed by atoms with E-state index in [4.69, 9.17) is 0 Å². The van der Waals surface area contributed by atoms with Gasteiger partial charge >= 0.3 is 0 Å². The molecule has 0 aliphatic heterocycles. The molecule has 1 N–H and O–H groups in total. The van der Waals surface area contributed by atoms with E-state index in [0.29, 0.717) is 0 Å². The summed E-state index contributed by atoms with van der Waals surface area (Å²) in [6.45, 7) is 0. The van der Waals surface area contributed by atoms with Gasteiger partial charge < -0.3 is 9.67 Å². The van der Waals surface area contributed by atoms with Gasteiger partial charge in [0.2, 0.25) is 0 Å². The van der Waals surface area contributed by atoms with Gasteiger partial charge in [-0.1, -0.05) is 6.07 Å². The lowest BCUT2D eigenvalue weighted by molar-refractivity contribution is 0.156. The second-order valence-corrected chi connectivity index (χ2v) is 4.26. The van der Waals surface area contributed by atoms with Gasteiger partial charge in [-0.05, 0) is 42.5 Å². The van der Waals surface area contributed by atoms with Gasteiger partial charge in [-0.25, -0.2) is 4.98 Å². The molecule has 1 heterocycles. The molecule has 1 aliphatic carbocycles. The first kappa shape index (κ1) is 9.60. The predicted molar refractivity (Wildman–Crippen MR) is 61.5 cm³/mol. The average molecular weight is 214 g/mol. The Morgan fingerprint density at radius 2 is 2.31 bits per heavy atom. The van der Waals surface area contributed by atoms with Crippen LogP contribution in [0, 0.1) is 0 Å². The number of aliphatic hydroxyl groups is 1. The molecule has 1 unspecified atom stereocenters. The van der Waals surface area contributed by atoms with Crippen molar-refractivity contribution in [3.8, 4) is 5.69 Å². The number of aliphatic hydroxyl groups excluding tert-OH is 1. The SMILES string of the molecule is OC1CCCc2cc(-n3ccnc3)ccc21. The highest BCUT2D eigenvalue weighted by atomic mass is 16.3. The van der Waals surface area contributed by atoms with Crippen molar-refractivity contribution in [2.45, 2.75) is 25.4 Å². The van der Waals surface area contributed by atoms with Gasteiger partial charge in [0.1, 0.15) is 0 Å². The second-order valence-electron chi connectivity index (χ2n) is 4.26. The van der Waals surface area contributed by atoms with Crippen molar-refractivity contribution in [3.63, 3.8) is 0 Å². The lowest BCUT2D eigenvalue weighted by Gasteiger charge is -2.21. The number of aryl methyl sites for hydroxylation is 1. The standard InChI is InChI=1S/C13H14N2O/c16-13-3-1-2-10-8-11(4-5-12(10)13)15-7-6-14-9-15/h4-9,13,16H,1-3H2. The fraction of sp³-hybridized carbons (Fsp3) is 0.308. The quantitative estimate of drug-likeness (QED) is 0.790. The third-order valence-electron chi connectivity index (χ3n) is 3.21. The van der Waals surface area contributed by atoms with Crippen molar-refractivity contribution in [2.24, 2.45) is 0 Å². The lowest BCUT2D eigenvalue weighted by Crippen LogP contribution is -2.09. The number of benzene rings is 1. The minimum atomic E-state index is -0.277. The van der Waals surface area contributed by atoms with E-state index in [9.17, 15) is 5.11 Å². The molecule has 3 heteroatoms. The Bertz CT molecular complexity index is 491. The van der Waals surface area contributed by atoms with Crippen LogP contribution in [-0.2, 0) is 6.42 Å². The smallest absolute Gasteiger partial charge is 0.0991 e. The molecule has 0 bridgehead atoms. The molecular formula is C13H14N2O. The maximum Gasteiger partial charge on any atom is 0.0991 e. The summed E-state index contributed by atoms with van der Waals surface area (Å²) in [7, 11) is 0. The number of hydrogen-bond donors (Lipinski definition) is 1. The van der Waals surface area contributed by atoms with Gasteiger partial charge in [-0.2, -0.15) is 0 Å². The summed E-state index contributed by atoms with van der Waals surface area (Å²) >= 11 is 0. The molecule has 0 saturated heterocycles. The first-order chi connectivity index (χ1) is 7.84. The number of fused-ring (bicyclic) bond motifs is 1. The number of hydrogen-bond acceptors (Lipinski definition) is 2. The molecule has 1 aromatic heterocycles. The van der Waals surface area contributed by atoms with Crippen LogP contribution in [-0.4, -0.2) is 14.7 Å². The summed E-state index contributed by atoms with van der Waals surface area (Å²) in [5.41, 5.74) is 3.48. The summed E-state index contributed by atoms with van der Waals surface area (Å²) in [4.78, 5) is 4.04. The first-order valence-electron chi connectivity index (χ1n) is 5.64. The minimum Gasteiger partial charge on any atom is -0.388 e. The molecule has 1 aromatic carbocycles. The highest BCUT2D eigenvalue weighted by molar-refractivity contribution is 5.42. The van der Waals surface area contributed by atoms with Gasteiger partial charge in [-0.15, -0.1) is 0 Å². The summed E-state index contributed by atoms with van der Waals surface area (Å²) in [5, 5.41) is 9.86. The zero-order valence-electron chi connectivity index (χ0n) is 9.00. The molecule has 1 aliphatic rings. The molecule has 0 spiro atoms. The highest BCUT2D eigenvalue weighted by Gasteiger charge is 2.17. The van der Waals surface area contributed by atoms with Crippen molar-refractivity contribution >= 4 is 0 Å². The Hall–Kier alpha value is -1.61. The number of nitrogens with zero attached hydrogens (tertiary/aromatic N) is 2. The predicted octanol–water partition coefficient (Wildman–Crippen LogP) is 2.24. The lowest BCUT2D eigenvalue weighted by atomic mass is 9.89. The fourth-order valence-electron chi connectivity index (χ4n) is 2.35. The Kier molecular flexibility index (Phi) is 2.26. The molecule has 3 nitrogen and oxygen atoms in total. The van der Waals surface area contributed by atoms with Crippen molar-refractivity contribution in [1.82, 2.24) is 9.55 Å². The van der Waals surface area contributed by atoms with Crippen LogP contribution in [0.15, 0.2) is 36.9 Å². The summed E-state index contributed by atoms with van der Waals surface area (Å²) in [6.07, 6.45) is 8.24. The van der Waals surface area contributed by atoms with Crippen LogP contribution in [0.4, 0.5) is 0 Å². The van der Waals surface area contributed by atoms with Crippen molar-refractivity contribution in [1.29, 1.82) is 0 Å². The largest absolute Gasteiger partial charge is 0.388 e. The van der Waals surface area contributed by atoms with E-state index in [1.807, 2.05) is 22.9 Å². The third kappa shape index (κ3) is 1.53. The van der Waals surface area contributed by atoms with Gasteiger partial charge in [0.15, 0.2) is 0 Å². The van der Waals surface area contributed by atoms with Crippen LogP contribution in [0.5, 0.6) is 0 Å². The van der Waals surface area contributed by atoms with Crippen molar-refractivity contribution in [2.75, 3.05) is 0 Å². The van der Waals surface area contributed by atoms with Gasteiger partial charge in [-0.3, -0.25) is 0 Å². The van der Waals surface area contributed by atoms with Crippen LogP contribution >= 0.6 is 0 Å². The molecule has 2 aromatic rings. The maximum atomic E-state index is 9.86. The molecule has 3 rings (SSSR count). The molecule has 0 amide bonds. The molecule has 1 atom stereocenters. The highest BCUT2D eigenvalue weighted by Crippen LogP contribution is 2.30. The van der Waals surface area contributed by atoms with E-state index in [1.165, 1.54) is 5.56 Å². The van der Waals surface area contributed by atoms with E-state index in [2.05, 4.69) is 11.1 Å². The van der Waals surface area contributed by atoms with Crippen molar-refractivity contribution < 1.29 is 5.11 Å². The number of imidazole rings is 1. The van der Waals surface area contributed by atoms with Crippen LogP contribution < -0.4 is 0 Å². The number of aromatic nitrogens is 2. The summed E-state index contributed by atoms with van der Waals surface area (Å²) in [5.74, 6) is 0. The summed E-state index contributed by atoms with van der Waals surface area (Å²) in [6, 6.07) is 6.23. The zero-order chi connectivity index (χ0) is 11.0. The Balaban J connectivity index is 2.05. The molecule has 0 fully saturated rings. The van der Waals surface area contributed by atoms with Crippen LogP contribution in [0.3, 0.4) is 0 Å².